The Bertz CT molecular complexity index is 643. The molecule has 0 bridgehead atoms. The first kappa shape index (κ1) is 15.9. The Morgan fingerprint density at radius 1 is 1.29 bits per heavy atom. The number of primary amides is 1. The second kappa shape index (κ2) is 6.96. The van der Waals surface area contributed by atoms with E-state index >= 15 is 0 Å². The zero-order chi connectivity index (χ0) is 15.4. The number of hydrogen-bond donors (Lipinski definition) is 2. The van der Waals surface area contributed by atoms with Crippen LogP contribution in [0.2, 0.25) is 5.02 Å². The van der Waals surface area contributed by atoms with Gasteiger partial charge in [-0.25, -0.2) is 0 Å². The lowest BCUT2D eigenvalue weighted by Gasteiger charge is -2.16. The molecule has 0 aromatic heterocycles. The highest BCUT2D eigenvalue weighted by Crippen LogP contribution is 2.22. The molecule has 0 aliphatic carbocycles. The predicted molar refractivity (Wildman–Crippen MR) is 90.9 cm³/mol. The second-order valence-electron chi connectivity index (χ2n) is 4.93. The summed E-state index contributed by atoms with van der Waals surface area (Å²) in [7, 11) is 0. The van der Waals surface area contributed by atoms with Gasteiger partial charge >= 0.3 is 0 Å². The highest BCUT2D eigenvalue weighted by atomic mass is 79.9. The van der Waals surface area contributed by atoms with E-state index in [1.807, 2.05) is 18.2 Å². The standard InChI is InChI=1S/C16H16BrClN2O/c1-10(8-11-2-4-12(17)5-3-11)20-13-6-7-14(16(19)21)15(18)9-13/h2-7,9-10,20H,8H2,1H3,(H2,19,21). The number of nitrogens with one attached hydrogen (secondary N) is 1. The summed E-state index contributed by atoms with van der Waals surface area (Å²) in [6.07, 6.45) is 0.891. The third kappa shape index (κ3) is 4.48. The van der Waals surface area contributed by atoms with Crippen molar-refractivity contribution in [3.63, 3.8) is 0 Å². The maximum atomic E-state index is 11.1. The Balaban J connectivity index is 2.02. The number of carbonyl (C=O) groups excluding carboxylic acids is 1. The molecule has 0 radical (unpaired) electrons. The minimum atomic E-state index is -0.519. The number of hydrogen-bond acceptors (Lipinski definition) is 2. The van der Waals surface area contributed by atoms with E-state index in [1.54, 1.807) is 12.1 Å². The molecule has 0 saturated carbocycles. The van der Waals surface area contributed by atoms with E-state index in [4.69, 9.17) is 17.3 Å². The van der Waals surface area contributed by atoms with E-state index in [2.05, 4.69) is 40.3 Å². The van der Waals surface area contributed by atoms with E-state index < -0.39 is 5.91 Å². The van der Waals surface area contributed by atoms with E-state index in [1.165, 1.54) is 5.56 Å². The van der Waals surface area contributed by atoms with Gasteiger partial charge in [0.1, 0.15) is 0 Å². The molecule has 3 nitrogen and oxygen atoms in total. The molecule has 0 heterocycles. The maximum Gasteiger partial charge on any atom is 0.250 e. The minimum absolute atomic E-state index is 0.238. The van der Waals surface area contributed by atoms with Gasteiger partial charge in [-0.3, -0.25) is 4.79 Å². The Morgan fingerprint density at radius 3 is 2.52 bits per heavy atom. The Hall–Kier alpha value is -1.52. The van der Waals surface area contributed by atoms with E-state index in [0.29, 0.717) is 10.6 Å². The molecule has 0 aliphatic rings. The molecule has 21 heavy (non-hydrogen) atoms. The lowest BCUT2D eigenvalue weighted by Crippen LogP contribution is -2.18. The fourth-order valence-electron chi connectivity index (χ4n) is 2.11. The van der Waals surface area contributed by atoms with Crippen LogP contribution < -0.4 is 11.1 Å². The van der Waals surface area contributed by atoms with Crippen molar-refractivity contribution < 1.29 is 4.79 Å². The second-order valence-corrected chi connectivity index (χ2v) is 6.26. The van der Waals surface area contributed by atoms with E-state index in [9.17, 15) is 4.79 Å². The van der Waals surface area contributed by atoms with Crippen LogP contribution in [0.5, 0.6) is 0 Å². The quantitative estimate of drug-likeness (QED) is 0.830. The number of rotatable bonds is 5. The van der Waals surface area contributed by atoms with E-state index in [0.717, 1.165) is 16.6 Å². The van der Waals surface area contributed by atoms with Crippen LogP contribution in [0.15, 0.2) is 46.9 Å². The van der Waals surface area contributed by atoms with Crippen molar-refractivity contribution in [2.45, 2.75) is 19.4 Å². The number of carbonyl (C=O) groups is 1. The largest absolute Gasteiger partial charge is 0.382 e. The van der Waals surface area contributed by atoms with Gasteiger partial charge in [0.05, 0.1) is 10.6 Å². The molecule has 1 unspecified atom stereocenters. The lowest BCUT2D eigenvalue weighted by molar-refractivity contribution is 0.100. The van der Waals surface area contributed by atoms with Gasteiger partial charge in [-0.2, -0.15) is 0 Å². The first-order valence-electron chi connectivity index (χ1n) is 6.56. The van der Waals surface area contributed by atoms with Crippen molar-refractivity contribution in [2.75, 3.05) is 5.32 Å². The molecule has 3 N–H and O–H groups in total. The van der Waals surface area contributed by atoms with Gasteiger partial charge in [0, 0.05) is 16.2 Å². The number of halogens is 2. The molecule has 2 rings (SSSR count). The summed E-state index contributed by atoms with van der Waals surface area (Å²) in [5.41, 5.74) is 7.69. The topological polar surface area (TPSA) is 55.1 Å². The van der Waals surface area contributed by atoms with Gasteiger partial charge < -0.3 is 11.1 Å². The molecule has 0 spiro atoms. The zero-order valence-electron chi connectivity index (χ0n) is 11.6. The molecule has 0 aliphatic heterocycles. The first-order chi connectivity index (χ1) is 9.95. The number of nitrogens with two attached hydrogens (primary N) is 1. The molecule has 2 aromatic carbocycles. The van der Waals surface area contributed by atoms with Crippen LogP contribution in [-0.4, -0.2) is 11.9 Å². The minimum Gasteiger partial charge on any atom is -0.382 e. The van der Waals surface area contributed by atoms with Crippen molar-refractivity contribution in [3.8, 4) is 0 Å². The van der Waals surface area contributed by atoms with Crippen LogP contribution in [0.1, 0.15) is 22.8 Å². The molecular weight excluding hydrogens is 352 g/mol. The van der Waals surface area contributed by atoms with Crippen molar-refractivity contribution in [1.29, 1.82) is 0 Å². The van der Waals surface area contributed by atoms with Crippen molar-refractivity contribution in [3.05, 3.63) is 63.1 Å². The smallest absolute Gasteiger partial charge is 0.250 e. The maximum absolute atomic E-state index is 11.1. The van der Waals surface area contributed by atoms with Crippen molar-refractivity contribution in [1.82, 2.24) is 0 Å². The SMILES string of the molecule is CC(Cc1ccc(Br)cc1)Nc1ccc(C(N)=O)c(Cl)c1. The number of amides is 1. The number of benzene rings is 2. The predicted octanol–water partition coefficient (Wildman–Crippen LogP) is 4.24. The fourth-order valence-corrected chi connectivity index (χ4v) is 2.65. The summed E-state index contributed by atoms with van der Waals surface area (Å²) < 4.78 is 1.07. The molecule has 0 fully saturated rings. The van der Waals surface area contributed by atoms with Gasteiger partial charge in [0.15, 0.2) is 0 Å². The highest BCUT2D eigenvalue weighted by Gasteiger charge is 2.09. The summed E-state index contributed by atoms with van der Waals surface area (Å²) >= 11 is 9.46. The summed E-state index contributed by atoms with van der Waals surface area (Å²) in [4.78, 5) is 11.1. The summed E-state index contributed by atoms with van der Waals surface area (Å²) in [5.74, 6) is -0.519. The van der Waals surface area contributed by atoms with Crippen LogP contribution in [0, 0.1) is 0 Å². The number of anilines is 1. The van der Waals surface area contributed by atoms with Crippen LogP contribution in [-0.2, 0) is 6.42 Å². The summed E-state index contributed by atoms with van der Waals surface area (Å²) in [5, 5.41) is 3.73. The average molecular weight is 368 g/mol. The summed E-state index contributed by atoms with van der Waals surface area (Å²) in [6.45, 7) is 2.10. The summed E-state index contributed by atoms with van der Waals surface area (Å²) in [6, 6.07) is 13.6. The molecule has 1 atom stereocenters. The Kier molecular flexibility index (Phi) is 5.26. The molecule has 110 valence electrons. The molecule has 1 amide bonds. The average Bonchev–Trinajstić information content (AvgIpc) is 2.41. The first-order valence-corrected chi connectivity index (χ1v) is 7.73. The highest BCUT2D eigenvalue weighted by molar-refractivity contribution is 9.10. The van der Waals surface area contributed by atoms with Crippen LogP contribution in [0.4, 0.5) is 5.69 Å². The van der Waals surface area contributed by atoms with Crippen molar-refractivity contribution >= 4 is 39.1 Å². The fraction of sp³-hybridized carbons (Fsp3) is 0.188. The van der Waals surface area contributed by atoms with E-state index in [-0.39, 0.29) is 6.04 Å². The molecule has 0 saturated heterocycles. The van der Waals surface area contributed by atoms with Crippen LogP contribution in [0.3, 0.4) is 0 Å². The van der Waals surface area contributed by atoms with Gasteiger partial charge in [-0.1, -0.05) is 39.7 Å². The van der Waals surface area contributed by atoms with Gasteiger partial charge in [-0.05, 0) is 49.2 Å². The van der Waals surface area contributed by atoms with Gasteiger partial charge in [0.25, 0.3) is 0 Å². The third-order valence-electron chi connectivity index (χ3n) is 3.10. The Labute approximate surface area is 137 Å². The van der Waals surface area contributed by atoms with Crippen LogP contribution >= 0.6 is 27.5 Å². The van der Waals surface area contributed by atoms with Gasteiger partial charge in [-0.15, -0.1) is 0 Å². The Morgan fingerprint density at radius 2 is 1.95 bits per heavy atom. The third-order valence-corrected chi connectivity index (χ3v) is 3.94. The molecule has 2 aromatic rings. The monoisotopic (exact) mass is 366 g/mol. The van der Waals surface area contributed by atoms with Crippen LogP contribution in [0.25, 0.3) is 0 Å². The molecule has 5 heteroatoms. The lowest BCUT2D eigenvalue weighted by atomic mass is 10.1. The van der Waals surface area contributed by atoms with Gasteiger partial charge in [0.2, 0.25) is 5.91 Å². The van der Waals surface area contributed by atoms with Crippen molar-refractivity contribution in [2.24, 2.45) is 5.73 Å². The zero-order valence-corrected chi connectivity index (χ0v) is 13.9. The normalized spacial score (nSPS) is 12.0. The molecular formula is C16H16BrClN2O.